The fraction of sp³-hybridized carbons (Fsp3) is 0.105. The second-order valence-corrected chi connectivity index (χ2v) is 7.22. The Labute approximate surface area is 155 Å². The zero-order chi connectivity index (χ0) is 17.4. The Kier molecular flexibility index (Phi) is 4.21. The van der Waals surface area contributed by atoms with E-state index in [1.165, 1.54) is 10.6 Å². The summed E-state index contributed by atoms with van der Waals surface area (Å²) in [6.45, 7) is 2.07. The number of anilines is 1. The molecule has 1 unspecified atom stereocenters. The molecule has 4 rings (SSSR count). The number of nitrogens with zero attached hydrogens (tertiary/aromatic N) is 3. The van der Waals surface area contributed by atoms with E-state index >= 15 is 0 Å². The summed E-state index contributed by atoms with van der Waals surface area (Å²) in [5, 5.41) is 16.0. The maximum absolute atomic E-state index is 10.9. The molecule has 0 fully saturated rings. The number of aromatic nitrogens is 1. The Bertz CT molecular complexity index is 925. The normalized spacial score (nSPS) is 17.1. The van der Waals surface area contributed by atoms with Crippen molar-refractivity contribution < 1.29 is 5.21 Å². The van der Waals surface area contributed by atoms with Gasteiger partial charge in [0.1, 0.15) is 0 Å². The fourth-order valence-electron chi connectivity index (χ4n) is 2.94. The highest BCUT2D eigenvalue weighted by molar-refractivity contribution is 7.14. The Balaban J connectivity index is 1.81. The molecule has 3 aromatic rings. The van der Waals surface area contributed by atoms with Crippen LogP contribution in [-0.2, 0) is 0 Å². The molecular formula is C19H16ClN3OS. The molecule has 0 aliphatic carbocycles. The van der Waals surface area contributed by atoms with Crippen LogP contribution in [0.1, 0.15) is 22.9 Å². The fourth-order valence-corrected chi connectivity index (χ4v) is 4.03. The van der Waals surface area contributed by atoms with Crippen LogP contribution < -0.4 is 4.90 Å². The highest BCUT2D eigenvalue weighted by atomic mass is 35.5. The average Bonchev–Trinajstić information content (AvgIpc) is 3.19. The average molecular weight is 370 g/mol. The molecule has 6 heteroatoms. The molecule has 1 N–H and O–H groups in total. The van der Waals surface area contributed by atoms with Crippen LogP contribution in [0.15, 0.2) is 66.4 Å². The number of halogens is 1. The van der Waals surface area contributed by atoms with Gasteiger partial charge in [-0.1, -0.05) is 23.7 Å². The first-order chi connectivity index (χ1) is 12.1. The van der Waals surface area contributed by atoms with E-state index in [4.69, 9.17) is 11.6 Å². The molecule has 4 nitrogen and oxygen atoms in total. The number of hydrogen-bond donors (Lipinski definition) is 1. The summed E-state index contributed by atoms with van der Waals surface area (Å²) in [4.78, 5) is 6.15. The number of pyridine rings is 1. The van der Waals surface area contributed by atoms with Crippen LogP contribution >= 0.6 is 22.9 Å². The number of thiophene rings is 1. The quantitative estimate of drug-likeness (QED) is 0.678. The van der Waals surface area contributed by atoms with Gasteiger partial charge in [-0.15, -0.1) is 11.3 Å². The third kappa shape index (κ3) is 3.02. The summed E-state index contributed by atoms with van der Waals surface area (Å²) in [5.41, 5.74) is 3.72. The highest BCUT2D eigenvalue weighted by Crippen LogP contribution is 2.42. The van der Waals surface area contributed by atoms with Crippen molar-refractivity contribution in [3.8, 4) is 0 Å². The summed E-state index contributed by atoms with van der Waals surface area (Å²) in [7, 11) is 0. The van der Waals surface area contributed by atoms with E-state index in [1.54, 1.807) is 23.7 Å². The third-order valence-electron chi connectivity index (χ3n) is 4.10. The Morgan fingerprint density at radius 3 is 2.64 bits per heavy atom. The first-order valence-corrected chi connectivity index (χ1v) is 9.08. The van der Waals surface area contributed by atoms with Crippen molar-refractivity contribution in [2.24, 2.45) is 0 Å². The van der Waals surface area contributed by atoms with E-state index in [0.717, 1.165) is 16.1 Å². The van der Waals surface area contributed by atoms with Crippen molar-refractivity contribution in [1.29, 1.82) is 0 Å². The molecule has 0 radical (unpaired) electrons. The smallest absolute Gasteiger partial charge is 0.157 e. The number of aryl methyl sites for hydroxylation is 1. The number of rotatable bonds is 3. The monoisotopic (exact) mass is 369 g/mol. The van der Waals surface area contributed by atoms with Crippen molar-refractivity contribution in [2.45, 2.75) is 13.1 Å². The van der Waals surface area contributed by atoms with Crippen LogP contribution in [0.5, 0.6) is 0 Å². The molecule has 0 spiro atoms. The maximum atomic E-state index is 10.9. The predicted molar refractivity (Wildman–Crippen MR) is 102 cm³/mol. The van der Waals surface area contributed by atoms with Crippen molar-refractivity contribution in [3.05, 3.63) is 88.2 Å². The number of benzene rings is 1. The minimum atomic E-state index is -0.352. The van der Waals surface area contributed by atoms with Gasteiger partial charge in [0.2, 0.25) is 0 Å². The summed E-state index contributed by atoms with van der Waals surface area (Å²) in [6.07, 6.45) is 5.08. The lowest BCUT2D eigenvalue weighted by atomic mass is 10.1. The molecule has 0 amide bonds. The molecule has 0 saturated heterocycles. The lowest BCUT2D eigenvalue weighted by molar-refractivity contribution is -0.0573. The largest absolute Gasteiger partial charge is 0.310 e. The summed E-state index contributed by atoms with van der Waals surface area (Å²) in [6, 6.07) is 13.4. The highest BCUT2D eigenvalue weighted by Gasteiger charge is 2.35. The van der Waals surface area contributed by atoms with Crippen molar-refractivity contribution in [2.75, 3.05) is 4.90 Å². The predicted octanol–water partition coefficient (Wildman–Crippen LogP) is 5.31. The Hall–Kier alpha value is -2.34. The molecule has 1 atom stereocenters. The van der Waals surface area contributed by atoms with E-state index in [9.17, 15) is 5.21 Å². The van der Waals surface area contributed by atoms with Crippen molar-refractivity contribution in [1.82, 2.24) is 10.0 Å². The van der Waals surface area contributed by atoms with Crippen LogP contribution in [0.3, 0.4) is 0 Å². The van der Waals surface area contributed by atoms with Crippen LogP contribution in [0.25, 0.3) is 5.70 Å². The molecule has 3 heterocycles. The lowest BCUT2D eigenvalue weighted by Gasteiger charge is -2.29. The van der Waals surface area contributed by atoms with Gasteiger partial charge >= 0.3 is 0 Å². The molecule has 1 aromatic carbocycles. The molecule has 25 heavy (non-hydrogen) atoms. The first-order valence-electron chi connectivity index (χ1n) is 7.83. The SMILES string of the molecule is Cc1csc(N2C=C(c3cccc(Cl)c3)N(O)C2c2ccncc2)c1. The van der Waals surface area contributed by atoms with Crippen LogP contribution in [0.4, 0.5) is 5.00 Å². The van der Waals surface area contributed by atoms with Gasteiger partial charge in [0.05, 0.1) is 10.7 Å². The van der Waals surface area contributed by atoms with Crippen molar-refractivity contribution in [3.63, 3.8) is 0 Å². The van der Waals surface area contributed by atoms with E-state index in [1.807, 2.05) is 42.6 Å². The molecule has 0 bridgehead atoms. The Morgan fingerprint density at radius 1 is 1.16 bits per heavy atom. The van der Waals surface area contributed by atoms with Gasteiger partial charge in [0, 0.05) is 34.7 Å². The summed E-state index contributed by atoms with van der Waals surface area (Å²) >= 11 is 7.78. The minimum absolute atomic E-state index is 0.352. The standard InChI is InChI=1S/C19H16ClN3OS/c1-13-9-18(25-12-13)22-11-17(15-3-2-4-16(20)10-15)23(24)19(22)14-5-7-21-8-6-14/h2-12,19,24H,1H3. The van der Waals surface area contributed by atoms with Gasteiger partial charge in [-0.3, -0.25) is 10.2 Å². The number of hydrogen-bond acceptors (Lipinski definition) is 5. The number of hydroxylamine groups is 2. The summed E-state index contributed by atoms with van der Waals surface area (Å²) < 4.78 is 0. The topological polar surface area (TPSA) is 39.6 Å². The van der Waals surface area contributed by atoms with E-state index in [2.05, 4.69) is 28.3 Å². The first kappa shape index (κ1) is 16.1. The van der Waals surface area contributed by atoms with Crippen LogP contribution in [-0.4, -0.2) is 15.3 Å². The second kappa shape index (κ2) is 6.52. The van der Waals surface area contributed by atoms with Gasteiger partial charge in [-0.25, -0.2) is 5.06 Å². The Morgan fingerprint density at radius 2 is 1.96 bits per heavy atom. The van der Waals surface area contributed by atoms with Gasteiger partial charge in [-0.2, -0.15) is 0 Å². The summed E-state index contributed by atoms with van der Waals surface area (Å²) in [5.74, 6) is 0. The van der Waals surface area contributed by atoms with E-state index in [0.29, 0.717) is 10.7 Å². The molecule has 2 aromatic heterocycles. The van der Waals surface area contributed by atoms with Gasteiger partial charge in [-0.05, 0) is 48.2 Å². The van der Waals surface area contributed by atoms with Gasteiger partial charge in [0.15, 0.2) is 6.17 Å². The zero-order valence-electron chi connectivity index (χ0n) is 13.5. The molecular weight excluding hydrogens is 354 g/mol. The lowest BCUT2D eigenvalue weighted by Crippen LogP contribution is -2.29. The van der Waals surface area contributed by atoms with Crippen LogP contribution in [0.2, 0.25) is 5.02 Å². The van der Waals surface area contributed by atoms with Crippen LogP contribution in [0, 0.1) is 6.92 Å². The molecule has 126 valence electrons. The molecule has 0 saturated carbocycles. The molecule has 1 aliphatic rings. The second-order valence-electron chi connectivity index (χ2n) is 5.89. The zero-order valence-corrected chi connectivity index (χ0v) is 15.1. The third-order valence-corrected chi connectivity index (χ3v) is 5.39. The van der Waals surface area contributed by atoms with E-state index < -0.39 is 0 Å². The van der Waals surface area contributed by atoms with Gasteiger partial charge in [0.25, 0.3) is 0 Å². The van der Waals surface area contributed by atoms with Gasteiger partial charge < -0.3 is 4.90 Å². The maximum Gasteiger partial charge on any atom is 0.157 e. The van der Waals surface area contributed by atoms with E-state index in [-0.39, 0.29) is 6.17 Å². The minimum Gasteiger partial charge on any atom is -0.310 e. The van der Waals surface area contributed by atoms with Crippen molar-refractivity contribution >= 4 is 33.6 Å². The molecule has 1 aliphatic heterocycles.